The van der Waals surface area contributed by atoms with Gasteiger partial charge >= 0.3 is 6.03 Å². The van der Waals surface area contributed by atoms with Gasteiger partial charge in [0.1, 0.15) is 12.1 Å². The third-order valence-corrected chi connectivity index (χ3v) is 3.84. The second kappa shape index (κ2) is 8.62. The fourth-order valence-corrected chi connectivity index (χ4v) is 2.43. The Hall–Kier alpha value is -3.41. The van der Waals surface area contributed by atoms with Crippen molar-refractivity contribution in [3.05, 3.63) is 78.2 Å². The summed E-state index contributed by atoms with van der Waals surface area (Å²) in [7, 11) is 1.63. The van der Waals surface area contributed by atoms with E-state index in [4.69, 9.17) is 4.74 Å². The number of hydrogen-bond donors (Lipinski definition) is 2. The van der Waals surface area contributed by atoms with Crippen molar-refractivity contribution in [1.29, 1.82) is 0 Å². The molecule has 2 amide bonds. The van der Waals surface area contributed by atoms with Gasteiger partial charge in [0.25, 0.3) is 0 Å². The van der Waals surface area contributed by atoms with Crippen LogP contribution in [-0.2, 0) is 13.1 Å². The Kier molecular flexibility index (Phi) is 5.77. The van der Waals surface area contributed by atoms with Crippen molar-refractivity contribution >= 4 is 6.03 Å². The van der Waals surface area contributed by atoms with Crippen molar-refractivity contribution in [2.75, 3.05) is 7.11 Å². The van der Waals surface area contributed by atoms with E-state index in [1.54, 1.807) is 7.11 Å². The van der Waals surface area contributed by atoms with Crippen LogP contribution in [0.5, 0.6) is 5.75 Å². The van der Waals surface area contributed by atoms with Gasteiger partial charge in [0, 0.05) is 12.1 Å². The maximum atomic E-state index is 11.9. The number of hydrogen-bond acceptors (Lipinski definition) is 4. The minimum atomic E-state index is -0.238. The van der Waals surface area contributed by atoms with E-state index in [1.165, 1.54) is 6.33 Å². The van der Waals surface area contributed by atoms with E-state index in [1.807, 2.05) is 60.7 Å². The average molecular weight is 348 g/mol. The highest BCUT2D eigenvalue weighted by Gasteiger charge is 2.05. The molecule has 0 aliphatic heterocycles. The summed E-state index contributed by atoms with van der Waals surface area (Å²) in [5.41, 5.74) is 3.54. The van der Waals surface area contributed by atoms with Gasteiger partial charge < -0.3 is 15.4 Å². The molecule has 3 aromatic rings. The quantitative estimate of drug-likeness (QED) is 0.717. The zero-order valence-corrected chi connectivity index (χ0v) is 14.5. The van der Waals surface area contributed by atoms with Crippen LogP contribution in [0.3, 0.4) is 0 Å². The molecule has 0 radical (unpaired) electrons. The van der Waals surface area contributed by atoms with Crippen LogP contribution in [0.4, 0.5) is 4.79 Å². The number of carbonyl (C=O) groups is 1. The zero-order chi connectivity index (χ0) is 18.2. The van der Waals surface area contributed by atoms with E-state index < -0.39 is 0 Å². The van der Waals surface area contributed by atoms with Crippen LogP contribution in [0.2, 0.25) is 0 Å². The van der Waals surface area contributed by atoms with Crippen LogP contribution in [0, 0.1) is 0 Å². The van der Waals surface area contributed by atoms with Crippen LogP contribution < -0.4 is 15.4 Å². The van der Waals surface area contributed by atoms with Crippen molar-refractivity contribution in [2.45, 2.75) is 13.1 Å². The molecular weight excluding hydrogens is 328 g/mol. The van der Waals surface area contributed by atoms with Crippen LogP contribution in [0.25, 0.3) is 11.3 Å². The van der Waals surface area contributed by atoms with Crippen molar-refractivity contribution in [1.82, 2.24) is 20.6 Å². The van der Waals surface area contributed by atoms with E-state index in [9.17, 15) is 4.79 Å². The molecule has 0 unspecified atom stereocenters. The molecule has 26 heavy (non-hydrogen) atoms. The topological polar surface area (TPSA) is 76.1 Å². The standard InChI is InChI=1S/C20H20N4O2/c1-26-18-9-7-16(8-10-18)19-11-17(23-14-24-19)13-22-20(25)21-12-15-5-3-2-4-6-15/h2-11,14H,12-13H2,1H3,(H2,21,22,25). The summed E-state index contributed by atoms with van der Waals surface area (Å²) in [6, 6.07) is 19.0. The van der Waals surface area contributed by atoms with Crippen LogP contribution >= 0.6 is 0 Å². The van der Waals surface area contributed by atoms with Crippen LogP contribution in [0.15, 0.2) is 67.0 Å². The minimum Gasteiger partial charge on any atom is -0.497 e. The SMILES string of the molecule is COc1ccc(-c2cc(CNC(=O)NCc3ccccc3)ncn2)cc1. The molecule has 1 aromatic heterocycles. The van der Waals surface area contributed by atoms with Gasteiger partial charge in [-0.1, -0.05) is 30.3 Å². The first kappa shape index (κ1) is 17.4. The van der Waals surface area contributed by atoms with Gasteiger partial charge in [-0.3, -0.25) is 0 Å². The first-order valence-corrected chi connectivity index (χ1v) is 8.25. The Morgan fingerprint density at radius 3 is 2.42 bits per heavy atom. The molecule has 6 heteroatoms. The summed E-state index contributed by atoms with van der Waals surface area (Å²) in [5.74, 6) is 0.791. The summed E-state index contributed by atoms with van der Waals surface area (Å²) in [6.45, 7) is 0.805. The number of rotatable bonds is 6. The highest BCUT2D eigenvalue weighted by molar-refractivity contribution is 5.73. The Labute approximate surface area is 152 Å². The molecule has 1 heterocycles. The molecule has 0 aliphatic rings. The molecular formula is C20H20N4O2. The van der Waals surface area contributed by atoms with E-state index in [-0.39, 0.29) is 6.03 Å². The van der Waals surface area contributed by atoms with E-state index in [0.717, 1.165) is 28.3 Å². The molecule has 2 aromatic carbocycles. The molecule has 0 atom stereocenters. The van der Waals surface area contributed by atoms with Crippen molar-refractivity contribution in [2.24, 2.45) is 0 Å². The second-order valence-corrected chi connectivity index (χ2v) is 5.64. The van der Waals surface area contributed by atoms with Crippen LogP contribution in [0.1, 0.15) is 11.3 Å². The summed E-state index contributed by atoms with van der Waals surface area (Å²) in [4.78, 5) is 20.4. The van der Waals surface area contributed by atoms with Gasteiger partial charge in [0.05, 0.1) is 25.0 Å². The number of benzene rings is 2. The number of methoxy groups -OCH3 is 1. The van der Waals surface area contributed by atoms with Gasteiger partial charge in [-0.05, 0) is 35.9 Å². The first-order chi connectivity index (χ1) is 12.7. The van der Waals surface area contributed by atoms with E-state index in [0.29, 0.717) is 13.1 Å². The number of aromatic nitrogens is 2. The summed E-state index contributed by atoms with van der Waals surface area (Å²) >= 11 is 0. The van der Waals surface area contributed by atoms with Gasteiger partial charge in [0.15, 0.2) is 0 Å². The molecule has 132 valence electrons. The Morgan fingerprint density at radius 1 is 0.962 bits per heavy atom. The third-order valence-electron chi connectivity index (χ3n) is 3.84. The maximum absolute atomic E-state index is 11.9. The van der Waals surface area contributed by atoms with Gasteiger partial charge in [-0.2, -0.15) is 0 Å². The number of urea groups is 1. The lowest BCUT2D eigenvalue weighted by molar-refractivity contribution is 0.240. The fraction of sp³-hybridized carbons (Fsp3) is 0.150. The maximum Gasteiger partial charge on any atom is 0.315 e. The minimum absolute atomic E-state index is 0.238. The van der Waals surface area contributed by atoms with Crippen molar-refractivity contribution < 1.29 is 9.53 Å². The highest BCUT2D eigenvalue weighted by atomic mass is 16.5. The Bertz CT molecular complexity index is 851. The molecule has 0 saturated carbocycles. The molecule has 0 aliphatic carbocycles. The lowest BCUT2D eigenvalue weighted by Crippen LogP contribution is -2.34. The molecule has 2 N–H and O–H groups in total. The number of amides is 2. The summed E-state index contributed by atoms with van der Waals surface area (Å²) < 4.78 is 5.16. The molecule has 0 bridgehead atoms. The summed E-state index contributed by atoms with van der Waals surface area (Å²) in [6.07, 6.45) is 1.50. The van der Waals surface area contributed by atoms with Gasteiger partial charge in [-0.25, -0.2) is 14.8 Å². The largest absolute Gasteiger partial charge is 0.497 e. The molecule has 0 saturated heterocycles. The highest BCUT2D eigenvalue weighted by Crippen LogP contribution is 2.20. The third kappa shape index (κ3) is 4.80. The number of nitrogens with zero attached hydrogens (tertiary/aromatic N) is 2. The Morgan fingerprint density at radius 2 is 1.69 bits per heavy atom. The van der Waals surface area contributed by atoms with Gasteiger partial charge in [-0.15, -0.1) is 0 Å². The molecule has 0 fully saturated rings. The van der Waals surface area contributed by atoms with Gasteiger partial charge in [0.2, 0.25) is 0 Å². The number of carbonyl (C=O) groups excluding carboxylic acids is 1. The lowest BCUT2D eigenvalue weighted by Gasteiger charge is -2.08. The first-order valence-electron chi connectivity index (χ1n) is 8.25. The zero-order valence-electron chi connectivity index (χ0n) is 14.5. The predicted octanol–water partition coefficient (Wildman–Crippen LogP) is 3.15. The normalized spacial score (nSPS) is 10.2. The smallest absolute Gasteiger partial charge is 0.315 e. The van der Waals surface area contributed by atoms with Crippen molar-refractivity contribution in [3.8, 4) is 17.0 Å². The Balaban J connectivity index is 1.55. The van der Waals surface area contributed by atoms with E-state index >= 15 is 0 Å². The van der Waals surface area contributed by atoms with E-state index in [2.05, 4.69) is 20.6 Å². The number of ether oxygens (including phenoxy) is 1. The fourth-order valence-electron chi connectivity index (χ4n) is 2.43. The molecule has 6 nitrogen and oxygen atoms in total. The second-order valence-electron chi connectivity index (χ2n) is 5.64. The predicted molar refractivity (Wildman–Crippen MR) is 99.5 cm³/mol. The molecule has 0 spiro atoms. The summed E-state index contributed by atoms with van der Waals surface area (Å²) in [5, 5.41) is 5.63. The monoisotopic (exact) mass is 348 g/mol. The van der Waals surface area contributed by atoms with Crippen molar-refractivity contribution in [3.63, 3.8) is 0 Å². The molecule has 3 rings (SSSR count). The average Bonchev–Trinajstić information content (AvgIpc) is 2.72. The lowest BCUT2D eigenvalue weighted by atomic mass is 10.1. The van der Waals surface area contributed by atoms with Crippen LogP contribution in [-0.4, -0.2) is 23.1 Å². The number of nitrogens with one attached hydrogen (secondary N) is 2.